The molecule has 2 aliphatic rings. The highest BCUT2D eigenvalue weighted by molar-refractivity contribution is 5.84. The highest BCUT2D eigenvalue weighted by Gasteiger charge is 2.38. The van der Waals surface area contributed by atoms with Gasteiger partial charge >= 0.3 is 0 Å². The highest BCUT2D eigenvalue weighted by Crippen LogP contribution is 2.36. The van der Waals surface area contributed by atoms with Gasteiger partial charge < -0.3 is 19.8 Å². The first-order chi connectivity index (χ1) is 25.3. The van der Waals surface area contributed by atoms with Crippen LogP contribution in [0.3, 0.4) is 0 Å². The summed E-state index contributed by atoms with van der Waals surface area (Å²) in [5.41, 5.74) is 5.51. The first-order valence-corrected chi connectivity index (χ1v) is 18.8. The van der Waals surface area contributed by atoms with E-state index in [0.717, 1.165) is 97.2 Å². The van der Waals surface area contributed by atoms with Crippen LogP contribution in [0.1, 0.15) is 95.1 Å². The van der Waals surface area contributed by atoms with Crippen LogP contribution in [0.5, 0.6) is 0 Å². The minimum atomic E-state index is -0.318. The van der Waals surface area contributed by atoms with Crippen LogP contribution in [0.4, 0.5) is 0 Å². The quantitative estimate of drug-likeness (QED) is 0.139. The van der Waals surface area contributed by atoms with Gasteiger partial charge in [0, 0.05) is 43.0 Å². The second kappa shape index (κ2) is 15.6. The first-order valence-electron chi connectivity index (χ1n) is 18.8. The number of benzene rings is 2. The Hall–Kier alpha value is -5.16. The summed E-state index contributed by atoms with van der Waals surface area (Å²) in [5.74, 6) is 2.91. The number of hydrogen-bond donors (Lipinski definition) is 2. The van der Waals surface area contributed by atoms with Gasteiger partial charge in [0.25, 0.3) is 0 Å². The van der Waals surface area contributed by atoms with Crippen molar-refractivity contribution < 1.29 is 9.59 Å². The molecular weight excluding hydrogens is 651 g/mol. The molecule has 5 heterocycles. The molecule has 0 bridgehead atoms. The molecule has 11 heteroatoms. The standard InChI is InChI=1S/C41H49N9O2/c1-5-48(6-2)37(29-12-8-7-9-13-29)41(52)50-21-11-15-35(50)40-44-25-32(46-40)28-16-18-30(19-17-28)38-42-23-31(24-43-38)33-26-45-39(47-33)34-14-10-20-49(34)36(51)22-27(3)4/h7-9,12-13,16-19,23-27,34-35,37H,5-6,10-11,14-15,20-22H2,1-4H3,(H,44,46)(H,45,47)/t34-,35-,37+/m0/s1. The Labute approximate surface area is 305 Å². The number of imidazole rings is 2. The molecular formula is C41H49N9O2. The van der Waals surface area contributed by atoms with Crippen LogP contribution in [0.15, 0.2) is 79.4 Å². The van der Waals surface area contributed by atoms with Gasteiger partial charge in [-0.25, -0.2) is 19.9 Å². The minimum absolute atomic E-state index is 0.0196. The van der Waals surface area contributed by atoms with Crippen molar-refractivity contribution in [1.82, 2.24) is 44.6 Å². The number of aromatic amines is 2. The van der Waals surface area contributed by atoms with E-state index in [4.69, 9.17) is 4.98 Å². The Morgan fingerprint density at radius 3 is 1.88 bits per heavy atom. The minimum Gasteiger partial charge on any atom is -0.340 e. The maximum atomic E-state index is 14.2. The van der Waals surface area contributed by atoms with E-state index in [1.165, 1.54) is 0 Å². The van der Waals surface area contributed by atoms with E-state index in [0.29, 0.717) is 18.2 Å². The lowest BCUT2D eigenvalue weighted by molar-refractivity contribution is -0.138. The predicted octanol–water partition coefficient (Wildman–Crippen LogP) is 7.38. The summed E-state index contributed by atoms with van der Waals surface area (Å²) in [5, 5.41) is 0. The summed E-state index contributed by atoms with van der Waals surface area (Å²) >= 11 is 0. The van der Waals surface area contributed by atoms with Crippen molar-refractivity contribution in [3.05, 3.63) is 96.6 Å². The Bertz CT molecular complexity index is 1950. The summed E-state index contributed by atoms with van der Waals surface area (Å²) in [6, 6.07) is 17.8. The third-order valence-corrected chi connectivity index (χ3v) is 10.5. The molecule has 11 nitrogen and oxygen atoms in total. The van der Waals surface area contributed by atoms with E-state index < -0.39 is 0 Å². The molecule has 7 rings (SSSR count). The van der Waals surface area contributed by atoms with Crippen LogP contribution in [0, 0.1) is 5.92 Å². The highest BCUT2D eigenvalue weighted by atomic mass is 16.2. The van der Waals surface area contributed by atoms with E-state index in [1.54, 1.807) is 6.20 Å². The van der Waals surface area contributed by atoms with Gasteiger partial charge in [0.1, 0.15) is 17.7 Å². The molecule has 0 radical (unpaired) electrons. The van der Waals surface area contributed by atoms with Gasteiger partial charge in [0.05, 0.1) is 35.9 Å². The Morgan fingerprint density at radius 2 is 1.29 bits per heavy atom. The molecule has 2 aliphatic heterocycles. The fourth-order valence-corrected chi connectivity index (χ4v) is 7.74. The molecule has 0 aliphatic carbocycles. The SMILES string of the molecule is CCN(CC)[C@@H](C(=O)N1CCC[C@H]1c1ncc(-c2ccc(-c3ncc(-c4cnc([C@@H]5CCCN5C(=O)CC(C)C)[nH]4)cn3)cc2)[nH]1)c1ccccc1. The third-order valence-electron chi connectivity index (χ3n) is 10.5. The van der Waals surface area contributed by atoms with Crippen molar-refractivity contribution in [2.24, 2.45) is 5.92 Å². The van der Waals surface area contributed by atoms with Crippen LogP contribution in [0.25, 0.3) is 33.9 Å². The lowest BCUT2D eigenvalue weighted by Crippen LogP contribution is -2.43. The number of carbonyl (C=O) groups excluding carboxylic acids is 2. The molecule has 2 amide bonds. The van der Waals surface area contributed by atoms with Crippen molar-refractivity contribution in [1.29, 1.82) is 0 Å². The van der Waals surface area contributed by atoms with Crippen LogP contribution in [-0.4, -0.2) is 82.6 Å². The monoisotopic (exact) mass is 699 g/mol. The molecule has 270 valence electrons. The van der Waals surface area contributed by atoms with Crippen LogP contribution in [-0.2, 0) is 9.59 Å². The van der Waals surface area contributed by atoms with Crippen molar-refractivity contribution in [3.8, 4) is 33.9 Å². The van der Waals surface area contributed by atoms with Crippen LogP contribution in [0.2, 0.25) is 0 Å². The summed E-state index contributed by atoms with van der Waals surface area (Å²) in [6.45, 7) is 11.5. The summed E-state index contributed by atoms with van der Waals surface area (Å²) in [7, 11) is 0. The second-order valence-corrected chi connectivity index (χ2v) is 14.3. The molecule has 2 N–H and O–H groups in total. The largest absolute Gasteiger partial charge is 0.340 e. The fourth-order valence-electron chi connectivity index (χ4n) is 7.74. The number of nitrogens with one attached hydrogen (secondary N) is 2. The zero-order chi connectivity index (χ0) is 36.2. The Morgan fingerprint density at radius 1 is 0.731 bits per heavy atom. The van der Waals surface area contributed by atoms with E-state index >= 15 is 0 Å². The molecule has 0 spiro atoms. The predicted molar refractivity (Wildman–Crippen MR) is 202 cm³/mol. The van der Waals surface area contributed by atoms with Gasteiger partial charge in [0.15, 0.2) is 5.82 Å². The Balaban J connectivity index is 1.02. The lowest BCUT2D eigenvalue weighted by Gasteiger charge is -2.34. The Kier molecular flexibility index (Phi) is 10.6. The number of aromatic nitrogens is 6. The molecule has 52 heavy (non-hydrogen) atoms. The summed E-state index contributed by atoms with van der Waals surface area (Å²) in [4.78, 5) is 58.9. The normalized spacial score (nSPS) is 18.1. The number of nitrogens with zero attached hydrogens (tertiary/aromatic N) is 7. The third kappa shape index (κ3) is 7.27. The van der Waals surface area contributed by atoms with Crippen LogP contribution < -0.4 is 0 Å². The van der Waals surface area contributed by atoms with Crippen molar-refractivity contribution >= 4 is 11.8 Å². The number of amides is 2. The molecule has 3 atom stereocenters. The zero-order valence-electron chi connectivity index (χ0n) is 30.6. The number of rotatable bonds is 12. The van der Waals surface area contributed by atoms with Crippen molar-refractivity contribution in [3.63, 3.8) is 0 Å². The topological polar surface area (TPSA) is 127 Å². The fraction of sp³-hybridized carbons (Fsp3) is 0.415. The van der Waals surface area contributed by atoms with Gasteiger partial charge in [-0.2, -0.15) is 0 Å². The van der Waals surface area contributed by atoms with Crippen molar-refractivity contribution in [2.75, 3.05) is 26.2 Å². The zero-order valence-corrected chi connectivity index (χ0v) is 30.6. The number of likely N-dealkylation sites (tertiary alicyclic amines) is 2. The molecule has 3 aromatic heterocycles. The van der Waals surface area contributed by atoms with E-state index in [2.05, 4.69) is 69.6 Å². The molecule has 2 saturated heterocycles. The second-order valence-electron chi connectivity index (χ2n) is 14.3. The summed E-state index contributed by atoms with van der Waals surface area (Å²) in [6.07, 6.45) is 11.5. The van der Waals surface area contributed by atoms with E-state index in [9.17, 15) is 9.59 Å². The van der Waals surface area contributed by atoms with Crippen molar-refractivity contribution in [2.45, 2.75) is 77.9 Å². The first kappa shape index (κ1) is 35.3. The molecule has 0 unspecified atom stereocenters. The molecule has 0 saturated carbocycles. The van der Waals surface area contributed by atoms with Gasteiger partial charge in [-0.05, 0) is 55.8 Å². The van der Waals surface area contributed by atoms with E-state index in [-0.39, 0.29) is 29.9 Å². The number of hydrogen-bond acceptors (Lipinski definition) is 7. The number of likely N-dealkylation sites (N-methyl/N-ethyl adjacent to an activating group) is 1. The molecule has 2 aromatic carbocycles. The lowest BCUT2D eigenvalue weighted by atomic mass is 10.0. The van der Waals surface area contributed by atoms with Gasteiger partial charge in [-0.15, -0.1) is 0 Å². The van der Waals surface area contributed by atoms with Gasteiger partial charge in [-0.3, -0.25) is 14.5 Å². The smallest absolute Gasteiger partial charge is 0.245 e. The summed E-state index contributed by atoms with van der Waals surface area (Å²) < 4.78 is 0. The maximum Gasteiger partial charge on any atom is 0.245 e. The maximum absolute atomic E-state index is 14.2. The van der Waals surface area contributed by atoms with Gasteiger partial charge in [0.2, 0.25) is 11.8 Å². The van der Waals surface area contributed by atoms with Gasteiger partial charge in [-0.1, -0.05) is 82.3 Å². The van der Waals surface area contributed by atoms with Crippen LogP contribution >= 0.6 is 0 Å². The number of carbonyl (C=O) groups is 2. The average Bonchev–Trinajstić information content (AvgIpc) is 4.00. The van der Waals surface area contributed by atoms with E-state index in [1.807, 2.05) is 70.9 Å². The average molecular weight is 700 g/mol. The number of H-pyrrole nitrogens is 2. The molecule has 2 fully saturated rings. The molecule has 5 aromatic rings.